The van der Waals surface area contributed by atoms with Gasteiger partial charge in [0.25, 0.3) is 5.91 Å². The third-order valence-electron chi connectivity index (χ3n) is 3.18. The Kier molecular flexibility index (Phi) is 4.14. The Hall–Kier alpha value is -2.21. The van der Waals surface area contributed by atoms with Crippen molar-refractivity contribution >= 4 is 17.6 Å². The first-order chi connectivity index (χ1) is 9.52. The van der Waals surface area contributed by atoms with Crippen molar-refractivity contribution in [3.05, 3.63) is 40.7 Å². The smallest absolute Gasteiger partial charge is 0.337 e. The monoisotopic (exact) mass is 278 g/mol. The van der Waals surface area contributed by atoms with E-state index in [0.717, 1.165) is 11.6 Å². The first-order valence-electron chi connectivity index (χ1n) is 6.11. The number of carbonyl (C=O) groups is 2. The molecule has 0 saturated carbocycles. The number of methoxy groups -OCH3 is 1. The van der Waals surface area contributed by atoms with Gasteiger partial charge < -0.3 is 15.4 Å². The Morgan fingerprint density at radius 1 is 1.35 bits per heavy atom. The average Bonchev–Trinajstić information content (AvgIpc) is 2.38. The van der Waals surface area contributed by atoms with Gasteiger partial charge in [-0.15, -0.1) is 0 Å². The van der Waals surface area contributed by atoms with Crippen LogP contribution < -0.4 is 10.6 Å². The molecule has 1 aromatic rings. The van der Waals surface area contributed by atoms with Crippen LogP contribution in [0.2, 0.25) is 0 Å². The number of carbonyl (C=O) groups excluding carboxylic acids is 2. The summed E-state index contributed by atoms with van der Waals surface area (Å²) in [5.41, 5.74) is 1.70. The molecule has 6 heteroatoms. The maximum atomic E-state index is 13.7. The lowest BCUT2D eigenvalue weighted by Gasteiger charge is -2.21. The fourth-order valence-corrected chi connectivity index (χ4v) is 1.76. The molecule has 20 heavy (non-hydrogen) atoms. The number of anilines is 1. The molecule has 1 amide bonds. The van der Waals surface area contributed by atoms with Gasteiger partial charge in [-0.3, -0.25) is 4.79 Å². The van der Waals surface area contributed by atoms with E-state index >= 15 is 0 Å². The summed E-state index contributed by atoms with van der Waals surface area (Å²) >= 11 is 0. The van der Waals surface area contributed by atoms with E-state index in [1.165, 1.54) is 19.2 Å². The molecule has 2 rings (SSSR count). The molecule has 1 fully saturated rings. The van der Waals surface area contributed by atoms with Crippen molar-refractivity contribution in [2.45, 2.75) is 6.92 Å². The summed E-state index contributed by atoms with van der Waals surface area (Å²) in [6.07, 6.45) is 0. The minimum Gasteiger partial charge on any atom is -0.465 e. The van der Waals surface area contributed by atoms with E-state index in [1.54, 1.807) is 6.92 Å². The molecule has 106 valence electrons. The predicted molar refractivity (Wildman–Crippen MR) is 71.9 cm³/mol. The van der Waals surface area contributed by atoms with Crippen LogP contribution in [0.25, 0.3) is 0 Å². The highest BCUT2D eigenvalue weighted by Crippen LogP contribution is 2.19. The van der Waals surface area contributed by atoms with E-state index in [-0.39, 0.29) is 17.2 Å². The van der Waals surface area contributed by atoms with Crippen LogP contribution in [0, 0.1) is 5.82 Å². The van der Waals surface area contributed by atoms with E-state index in [0.29, 0.717) is 18.7 Å². The summed E-state index contributed by atoms with van der Waals surface area (Å²) in [5, 5.41) is 5.50. The van der Waals surface area contributed by atoms with Crippen molar-refractivity contribution in [2.75, 3.05) is 25.5 Å². The van der Waals surface area contributed by atoms with Gasteiger partial charge in [0.1, 0.15) is 5.82 Å². The second-order valence-electron chi connectivity index (χ2n) is 4.47. The van der Waals surface area contributed by atoms with Gasteiger partial charge in [-0.2, -0.15) is 0 Å². The molecule has 0 aliphatic carbocycles. The van der Waals surface area contributed by atoms with E-state index in [4.69, 9.17) is 0 Å². The maximum Gasteiger partial charge on any atom is 0.337 e. The van der Waals surface area contributed by atoms with Crippen molar-refractivity contribution in [1.82, 2.24) is 5.32 Å². The summed E-state index contributed by atoms with van der Waals surface area (Å²) in [6, 6.07) is 3.68. The molecule has 0 spiro atoms. The van der Waals surface area contributed by atoms with Crippen LogP contribution in [-0.2, 0) is 9.53 Å². The number of ether oxygens (including phenoxy) is 1. The topological polar surface area (TPSA) is 67.4 Å². The van der Waals surface area contributed by atoms with Crippen molar-refractivity contribution < 1.29 is 18.7 Å². The molecular weight excluding hydrogens is 263 g/mol. The highest BCUT2D eigenvalue weighted by Gasteiger charge is 2.18. The molecule has 2 N–H and O–H groups in total. The fourth-order valence-electron chi connectivity index (χ4n) is 1.76. The van der Waals surface area contributed by atoms with Gasteiger partial charge in [0.2, 0.25) is 0 Å². The van der Waals surface area contributed by atoms with Gasteiger partial charge in [-0.25, -0.2) is 9.18 Å². The SMILES string of the molecule is COC(=O)c1ccc(F)c(NC(=O)C(C)=C2CNC2)c1. The Morgan fingerprint density at radius 3 is 2.60 bits per heavy atom. The molecule has 0 unspecified atom stereocenters. The molecule has 0 aromatic heterocycles. The number of hydrogen-bond acceptors (Lipinski definition) is 4. The number of esters is 1. The lowest BCUT2D eigenvalue weighted by atomic mass is 10.0. The van der Waals surface area contributed by atoms with E-state index in [9.17, 15) is 14.0 Å². The highest BCUT2D eigenvalue weighted by atomic mass is 19.1. The van der Waals surface area contributed by atoms with Crippen molar-refractivity contribution in [3.63, 3.8) is 0 Å². The van der Waals surface area contributed by atoms with Crippen molar-refractivity contribution in [2.24, 2.45) is 0 Å². The molecule has 0 radical (unpaired) electrons. The third kappa shape index (κ3) is 2.85. The van der Waals surface area contributed by atoms with E-state index < -0.39 is 11.8 Å². The number of halogens is 1. The summed E-state index contributed by atoms with van der Waals surface area (Å²) < 4.78 is 18.2. The van der Waals surface area contributed by atoms with Crippen LogP contribution in [0.1, 0.15) is 17.3 Å². The van der Waals surface area contributed by atoms with Gasteiger partial charge in [0, 0.05) is 18.7 Å². The summed E-state index contributed by atoms with van der Waals surface area (Å²) in [7, 11) is 1.24. The minimum atomic E-state index is -0.601. The average molecular weight is 278 g/mol. The first kappa shape index (κ1) is 14.2. The second-order valence-corrected chi connectivity index (χ2v) is 4.47. The lowest BCUT2D eigenvalue weighted by molar-refractivity contribution is -0.112. The maximum absolute atomic E-state index is 13.7. The summed E-state index contributed by atoms with van der Waals surface area (Å²) in [5.74, 6) is -1.56. The van der Waals surface area contributed by atoms with Crippen LogP contribution in [0.15, 0.2) is 29.3 Å². The Bertz CT molecular complexity index is 590. The molecule has 1 aliphatic rings. The van der Waals surface area contributed by atoms with Gasteiger partial charge in [0.05, 0.1) is 18.4 Å². The minimum absolute atomic E-state index is 0.0369. The molecule has 1 saturated heterocycles. The van der Waals surface area contributed by atoms with Crippen LogP contribution in [0.5, 0.6) is 0 Å². The lowest BCUT2D eigenvalue weighted by Crippen LogP contribution is -2.36. The normalized spacial score (nSPS) is 13.4. The predicted octanol–water partition coefficient (Wildman–Crippen LogP) is 1.47. The molecule has 1 heterocycles. The number of benzene rings is 1. The zero-order valence-electron chi connectivity index (χ0n) is 11.2. The van der Waals surface area contributed by atoms with Crippen LogP contribution in [-0.4, -0.2) is 32.1 Å². The van der Waals surface area contributed by atoms with Gasteiger partial charge >= 0.3 is 5.97 Å². The zero-order chi connectivity index (χ0) is 14.7. The van der Waals surface area contributed by atoms with Gasteiger partial charge in [0.15, 0.2) is 0 Å². The standard InChI is InChI=1S/C14H15FN2O3/c1-8(10-6-16-7-10)13(18)17-12-5-9(14(19)20-2)3-4-11(12)15/h3-5,16H,6-7H2,1-2H3,(H,17,18). The van der Waals surface area contributed by atoms with Crippen molar-refractivity contribution in [3.8, 4) is 0 Å². The van der Waals surface area contributed by atoms with Gasteiger partial charge in [-0.1, -0.05) is 0 Å². The largest absolute Gasteiger partial charge is 0.465 e. The Balaban J connectivity index is 2.20. The zero-order valence-corrected chi connectivity index (χ0v) is 11.2. The second kappa shape index (κ2) is 5.83. The molecule has 5 nitrogen and oxygen atoms in total. The number of amides is 1. The number of rotatable bonds is 3. The van der Waals surface area contributed by atoms with E-state index in [2.05, 4.69) is 15.4 Å². The molecule has 0 bridgehead atoms. The quantitative estimate of drug-likeness (QED) is 0.649. The van der Waals surface area contributed by atoms with Gasteiger partial charge in [-0.05, 0) is 30.7 Å². The summed E-state index contributed by atoms with van der Waals surface area (Å²) in [6.45, 7) is 3.03. The molecule has 0 atom stereocenters. The number of hydrogen-bond donors (Lipinski definition) is 2. The first-order valence-corrected chi connectivity index (χ1v) is 6.11. The van der Waals surface area contributed by atoms with E-state index in [1.807, 2.05) is 0 Å². The van der Waals surface area contributed by atoms with Crippen LogP contribution >= 0.6 is 0 Å². The molecular formula is C14H15FN2O3. The molecule has 1 aliphatic heterocycles. The van der Waals surface area contributed by atoms with Crippen LogP contribution in [0.4, 0.5) is 10.1 Å². The Morgan fingerprint density at radius 2 is 2.05 bits per heavy atom. The molecule has 1 aromatic carbocycles. The third-order valence-corrected chi connectivity index (χ3v) is 3.18. The number of nitrogens with one attached hydrogen (secondary N) is 2. The highest BCUT2D eigenvalue weighted by molar-refractivity contribution is 6.04. The Labute approximate surface area is 115 Å². The van der Waals surface area contributed by atoms with Crippen LogP contribution in [0.3, 0.4) is 0 Å². The fraction of sp³-hybridized carbons (Fsp3) is 0.286. The summed E-state index contributed by atoms with van der Waals surface area (Å²) in [4.78, 5) is 23.4. The van der Waals surface area contributed by atoms with Crippen molar-refractivity contribution in [1.29, 1.82) is 0 Å².